The van der Waals surface area contributed by atoms with Gasteiger partial charge in [-0.2, -0.15) is 5.26 Å². The van der Waals surface area contributed by atoms with Crippen molar-refractivity contribution in [3.05, 3.63) is 41.6 Å². The molecule has 0 aliphatic carbocycles. The molecule has 0 amide bonds. The fourth-order valence-corrected chi connectivity index (χ4v) is 1.58. The molecule has 0 fully saturated rings. The predicted octanol–water partition coefficient (Wildman–Crippen LogP) is 3.01. The molecule has 1 N–H and O–H groups in total. The van der Waals surface area contributed by atoms with Crippen molar-refractivity contribution in [3.8, 4) is 6.07 Å². The fraction of sp³-hybridized carbons (Fsp3) is 0.0833. The van der Waals surface area contributed by atoms with Gasteiger partial charge < -0.3 is 4.98 Å². The zero-order valence-corrected chi connectivity index (χ0v) is 7.91. The molecule has 1 aromatic heterocycles. The van der Waals surface area contributed by atoms with E-state index in [1.165, 1.54) is 17.0 Å². The number of nitrogens with one attached hydrogen (secondary N) is 1. The molecule has 1 heterocycles. The van der Waals surface area contributed by atoms with Crippen molar-refractivity contribution in [2.24, 2.45) is 0 Å². The summed E-state index contributed by atoms with van der Waals surface area (Å²) in [5.74, 6) is 0. The normalized spacial score (nSPS) is 10.9. The van der Waals surface area contributed by atoms with E-state index in [2.05, 4.69) is 18.0 Å². The zero-order chi connectivity index (χ0) is 9.97. The summed E-state index contributed by atoms with van der Waals surface area (Å²) in [6.07, 6.45) is 5.29. The second-order valence-electron chi connectivity index (χ2n) is 3.20. The Balaban J connectivity index is 2.67. The third kappa shape index (κ3) is 1.29. The Morgan fingerprint density at radius 1 is 1.43 bits per heavy atom. The number of hydrogen-bond donors (Lipinski definition) is 1. The van der Waals surface area contributed by atoms with Crippen LogP contribution in [0.3, 0.4) is 0 Å². The third-order valence-corrected chi connectivity index (χ3v) is 2.29. The summed E-state index contributed by atoms with van der Waals surface area (Å²) < 4.78 is 0. The predicted molar refractivity (Wildman–Crippen MR) is 57.7 cm³/mol. The van der Waals surface area contributed by atoms with E-state index in [0.29, 0.717) is 0 Å². The summed E-state index contributed by atoms with van der Waals surface area (Å²) in [5, 5.41) is 9.67. The Kier molecular flexibility index (Phi) is 2.08. The van der Waals surface area contributed by atoms with Crippen LogP contribution in [0.15, 0.2) is 30.5 Å². The molecule has 2 aromatic rings. The van der Waals surface area contributed by atoms with E-state index in [1.807, 2.05) is 30.5 Å². The number of aromatic amines is 1. The molecular weight excluding hydrogens is 172 g/mol. The summed E-state index contributed by atoms with van der Waals surface area (Å²) in [6, 6.07) is 8.06. The van der Waals surface area contributed by atoms with Crippen molar-refractivity contribution >= 4 is 17.0 Å². The van der Waals surface area contributed by atoms with Gasteiger partial charge in [0.1, 0.15) is 0 Å². The van der Waals surface area contributed by atoms with Gasteiger partial charge in [-0.05, 0) is 24.1 Å². The number of H-pyrrole nitrogens is 1. The summed E-state index contributed by atoms with van der Waals surface area (Å²) in [6.45, 7) is 2.07. The molecule has 2 heteroatoms. The Hall–Kier alpha value is -2.01. The fourth-order valence-electron chi connectivity index (χ4n) is 1.58. The highest BCUT2D eigenvalue weighted by molar-refractivity contribution is 5.90. The van der Waals surface area contributed by atoms with Gasteiger partial charge in [-0.1, -0.05) is 18.2 Å². The monoisotopic (exact) mass is 182 g/mol. The smallest absolute Gasteiger partial charge is 0.0912 e. The molecule has 0 saturated carbocycles. The number of hydrogen-bond acceptors (Lipinski definition) is 1. The number of rotatable bonds is 1. The maximum absolute atomic E-state index is 8.46. The molecule has 0 bridgehead atoms. The maximum atomic E-state index is 8.46. The molecule has 2 nitrogen and oxygen atoms in total. The Labute approximate surface area is 82.5 Å². The lowest BCUT2D eigenvalue weighted by Crippen LogP contribution is -1.75. The van der Waals surface area contributed by atoms with Crippen LogP contribution in [0.4, 0.5) is 0 Å². The number of allylic oxidation sites excluding steroid dienone is 1. The van der Waals surface area contributed by atoms with E-state index in [4.69, 9.17) is 5.26 Å². The van der Waals surface area contributed by atoms with Crippen molar-refractivity contribution in [1.29, 1.82) is 5.26 Å². The second-order valence-corrected chi connectivity index (χ2v) is 3.20. The van der Waals surface area contributed by atoms with Gasteiger partial charge in [0.05, 0.1) is 11.6 Å². The van der Waals surface area contributed by atoms with Crippen molar-refractivity contribution in [3.63, 3.8) is 0 Å². The summed E-state index contributed by atoms with van der Waals surface area (Å²) in [5.41, 5.74) is 3.38. The summed E-state index contributed by atoms with van der Waals surface area (Å²) >= 11 is 0. The number of nitrogens with zero attached hydrogens (tertiary/aromatic N) is 1. The van der Waals surface area contributed by atoms with Crippen LogP contribution in [0.5, 0.6) is 0 Å². The molecule has 0 saturated heterocycles. The number of fused-ring (bicyclic) bond motifs is 1. The zero-order valence-electron chi connectivity index (χ0n) is 7.91. The summed E-state index contributed by atoms with van der Waals surface area (Å²) in [7, 11) is 0. The number of aryl methyl sites for hydroxylation is 1. The van der Waals surface area contributed by atoms with E-state index in [-0.39, 0.29) is 0 Å². The topological polar surface area (TPSA) is 39.6 Å². The average molecular weight is 182 g/mol. The lowest BCUT2D eigenvalue weighted by Gasteiger charge is -1.95. The van der Waals surface area contributed by atoms with Crippen molar-refractivity contribution in [2.75, 3.05) is 0 Å². The molecule has 2 rings (SSSR count). The van der Waals surface area contributed by atoms with Crippen molar-refractivity contribution in [1.82, 2.24) is 4.98 Å². The van der Waals surface area contributed by atoms with E-state index in [0.717, 1.165) is 11.1 Å². The maximum Gasteiger partial charge on any atom is 0.0912 e. The van der Waals surface area contributed by atoms with Gasteiger partial charge in [0, 0.05) is 17.7 Å². The van der Waals surface area contributed by atoms with Gasteiger partial charge in [0.15, 0.2) is 0 Å². The minimum atomic E-state index is 1.05. The Bertz CT molecular complexity index is 527. The number of benzene rings is 1. The number of nitriles is 1. The molecule has 0 aliphatic heterocycles. The van der Waals surface area contributed by atoms with E-state index >= 15 is 0 Å². The molecule has 0 spiro atoms. The van der Waals surface area contributed by atoms with Gasteiger partial charge in [-0.3, -0.25) is 0 Å². The van der Waals surface area contributed by atoms with Crippen LogP contribution in [-0.4, -0.2) is 4.98 Å². The van der Waals surface area contributed by atoms with Gasteiger partial charge >= 0.3 is 0 Å². The first kappa shape index (κ1) is 8.58. The first-order chi connectivity index (χ1) is 6.83. The first-order valence-electron chi connectivity index (χ1n) is 4.46. The van der Waals surface area contributed by atoms with Crippen LogP contribution in [-0.2, 0) is 0 Å². The number of para-hydroxylation sites is 1. The van der Waals surface area contributed by atoms with Crippen LogP contribution in [0.2, 0.25) is 0 Å². The van der Waals surface area contributed by atoms with Crippen LogP contribution in [0.25, 0.3) is 17.0 Å². The Morgan fingerprint density at radius 3 is 3.07 bits per heavy atom. The molecule has 0 atom stereocenters. The lowest BCUT2D eigenvalue weighted by atomic mass is 10.1. The molecule has 0 radical (unpaired) electrons. The first-order valence-corrected chi connectivity index (χ1v) is 4.46. The average Bonchev–Trinajstić information content (AvgIpc) is 2.58. The SMILES string of the molecule is Cc1c[nH]c2c(/C=C/C#N)cccc12. The minimum Gasteiger partial charge on any atom is -0.360 e. The third-order valence-electron chi connectivity index (χ3n) is 2.29. The van der Waals surface area contributed by atoms with Crippen molar-refractivity contribution in [2.45, 2.75) is 6.92 Å². The molecule has 14 heavy (non-hydrogen) atoms. The standard InChI is InChI=1S/C12H10N2/c1-9-8-14-12-10(5-3-7-13)4-2-6-11(9)12/h2-6,8,14H,1H3/b5-3+. The summed E-state index contributed by atoms with van der Waals surface area (Å²) in [4.78, 5) is 3.20. The Morgan fingerprint density at radius 2 is 2.29 bits per heavy atom. The largest absolute Gasteiger partial charge is 0.360 e. The highest BCUT2D eigenvalue weighted by Crippen LogP contribution is 2.21. The highest BCUT2D eigenvalue weighted by Gasteiger charge is 2.01. The molecule has 68 valence electrons. The van der Waals surface area contributed by atoms with Gasteiger partial charge in [-0.25, -0.2) is 0 Å². The van der Waals surface area contributed by atoms with Crippen LogP contribution in [0, 0.1) is 18.3 Å². The van der Waals surface area contributed by atoms with E-state index in [1.54, 1.807) is 0 Å². The van der Waals surface area contributed by atoms with Gasteiger partial charge in [-0.15, -0.1) is 0 Å². The highest BCUT2D eigenvalue weighted by atomic mass is 14.7. The van der Waals surface area contributed by atoms with Crippen molar-refractivity contribution < 1.29 is 0 Å². The lowest BCUT2D eigenvalue weighted by molar-refractivity contribution is 1.42. The van der Waals surface area contributed by atoms with Gasteiger partial charge in [0.2, 0.25) is 0 Å². The van der Waals surface area contributed by atoms with Crippen LogP contribution >= 0.6 is 0 Å². The molecule has 1 aromatic carbocycles. The number of aromatic nitrogens is 1. The second kappa shape index (κ2) is 3.39. The van der Waals surface area contributed by atoms with Crippen LogP contribution in [0.1, 0.15) is 11.1 Å². The minimum absolute atomic E-state index is 1.05. The quantitative estimate of drug-likeness (QED) is 0.676. The van der Waals surface area contributed by atoms with E-state index in [9.17, 15) is 0 Å². The van der Waals surface area contributed by atoms with Gasteiger partial charge in [0.25, 0.3) is 0 Å². The molecule has 0 unspecified atom stereocenters. The van der Waals surface area contributed by atoms with E-state index < -0.39 is 0 Å². The van der Waals surface area contributed by atoms with Crippen LogP contribution < -0.4 is 0 Å². The molecule has 0 aliphatic rings. The molecular formula is C12H10N2.